The second-order valence-electron chi connectivity index (χ2n) is 5.83. The highest BCUT2D eigenvalue weighted by Gasteiger charge is 2.18. The Labute approximate surface area is 110 Å². The zero-order valence-corrected chi connectivity index (χ0v) is 11.9. The van der Waals surface area contributed by atoms with E-state index in [0.717, 1.165) is 35.7 Å². The Morgan fingerprint density at radius 1 is 1.22 bits per heavy atom. The van der Waals surface area contributed by atoms with Crippen LogP contribution in [0.15, 0.2) is 6.07 Å². The Morgan fingerprint density at radius 2 is 1.94 bits per heavy atom. The summed E-state index contributed by atoms with van der Waals surface area (Å²) in [5.41, 5.74) is 2.08. The second-order valence-corrected chi connectivity index (χ2v) is 5.83. The van der Waals surface area contributed by atoms with E-state index >= 15 is 0 Å². The van der Waals surface area contributed by atoms with Crippen LogP contribution < -0.4 is 5.32 Å². The van der Waals surface area contributed by atoms with Gasteiger partial charge in [-0.1, -0.05) is 26.2 Å². The van der Waals surface area contributed by atoms with Gasteiger partial charge in [0.2, 0.25) is 5.95 Å². The van der Waals surface area contributed by atoms with Crippen molar-refractivity contribution in [2.24, 2.45) is 11.8 Å². The summed E-state index contributed by atoms with van der Waals surface area (Å²) >= 11 is 0. The Kier molecular flexibility index (Phi) is 4.56. The predicted molar refractivity (Wildman–Crippen MR) is 75.7 cm³/mol. The first kappa shape index (κ1) is 13.3. The van der Waals surface area contributed by atoms with E-state index in [1.807, 2.05) is 19.9 Å². The molecule has 0 aliphatic heterocycles. The molecule has 3 nitrogen and oxygen atoms in total. The van der Waals surface area contributed by atoms with Crippen molar-refractivity contribution < 1.29 is 0 Å². The molecule has 18 heavy (non-hydrogen) atoms. The number of nitrogens with zero attached hydrogens (tertiary/aromatic N) is 2. The lowest BCUT2D eigenvalue weighted by molar-refractivity contribution is 0.274. The van der Waals surface area contributed by atoms with Gasteiger partial charge in [-0.2, -0.15) is 0 Å². The molecule has 0 saturated heterocycles. The van der Waals surface area contributed by atoms with Crippen molar-refractivity contribution in [3.05, 3.63) is 17.5 Å². The lowest BCUT2D eigenvalue weighted by Gasteiger charge is -2.26. The van der Waals surface area contributed by atoms with E-state index in [9.17, 15) is 0 Å². The molecule has 1 aromatic heterocycles. The van der Waals surface area contributed by atoms with Gasteiger partial charge in [0.05, 0.1) is 0 Å². The van der Waals surface area contributed by atoms with Crippen molar-refractivity contribution in [3.63, 3.8) is 0 Å². The fourth-order valence-corrected chi connectivity index (χ4v) is 3.02. The minimum absolute atomic E-state index is 0.788. The van der Waals surface area contributed by atoms with Crippen LogP contribution in [0.1, 0.15) is 50.4 Å². The van der Waals surface area contributed by atoms with Gasteiger partial charge in [-0.15, -0.1) is 0 Å². The van der Waals surface area contributed by atoms with Gasteiger partial charge in [0.25, 0.3) is 0 Å². The van der Waals surface area contributed by atoms with Crippen molar-refractivity contribution in [1.82, 2.24) is 9.97 Å². The van der Waals surface area contributed by atoms with Crippen LogP contribution >= 0.6 is 0 Å². The zero-order chi connectivity index (χ0) is 13.0. The van der Waals surface area contributed by atoms with E-state index in [1.54, 1.807) is 0 Å². The van der Waals surface area contributed by atoms with Crippen LogP contribution in [0.4, 0.5) is 5.95 Å². The molecule has 3 heteroatoms. The Bertz CT molecular complexity index is 369. The van der Waals surface area contributed by atoms with Crippen LogP contribution in [0.25, 0.3) is 0 Å². The first-order valence-electron chi connectivity index (χ1n) is 7.19. The van der Waals surface area contributed by atoms with Gasteiger partial charge in [-0.3, -0.25) is 0 Å². The number of aromatic nitrogens is 2. The van der Waals surface area contributed by atoms with Gasteiger partial charge in [0.15, 0.2) is 0 Å². The molecule has 100 valence electrons. The molecule has 0 radical (unpaired) electrons. The number of anilines is 1. The van der Waals surface area contributed by atoms with Gasteiger partial charge < -0.3 is 5.32 Å². The quantitative estimate of drug-likeness (QED) is 0.881. The number of hydrogen-bond donors (Lipinski definition) is 1. The maximum Gasteiger partial charge on any atom is 0.223 e. The molecule has 1 aliphatic carbocycles. The number of rotatable bonds is 4. The third-order valence-electron chi connectivity index (χ3n) is 3.86. The van der Waals surface area contributed by atoms with Crippen molar-refractivity contribution in [1.29, 1.82) is 0 Å². The Balaban J connectivity index is 1.77. The molecule has 2 unspecified atom stereocenters. The van der Waals surface area contributed by atoms with Gasteiger partial charge in [0, 0.05) is 17.9 Å². The molecule has 1 saturated carbocycles. The van der Waals surface area contributed by atoms with Crippen molar-refractivity contribution in [3.8, 4) is 0 Å². The maximum atomic E-state index is 4.41. The molecule has 0 aromatic carbocycles. The third-order valence-corrected chi connectivity index (χ3v) is 3.86. The molecule has 2 rings (SSSR count). The average Bonchev–Trinajstić information content (AvgIpc) is 2.27. The molecular weight excluding hydrogens is 222 g/mol. The molecule has 1 N–H and O–H groups in total. The highest BCUT2D eigenvalue weighted by atomic mass is 15.1. The summed E-state index contributed by atoms with van der Waals surface area (Å²) in [6, 6.07) is 2.01. The minimum atomic E-state index is 0.788. The van der Waals surface area contributed by atoms with Crippen LogP contribution in [0, 0.1) is 25.7 Å². The van der Waals surface area contributed by atoms with E-state index in [-0.39, 0.29) is 0 Å². The molecule has 1 fully saturated rings. The van der Waals surface area contributed by atoms with Gasteiger partial charge >= 0.3 is 0 Å². The maximum absolute atomic E-state index is 4.41. The highest BCUT2D eigenvalue weighted by Crippen LogP contribution is 2.30. The number of hydrogen-bond acceptors (Lipinski definition) is 3. The molecule has 1 aliphatic rings. The standard InChI is InChI=1S/C15H25N3/c1-11-5-4-6-14(9-11)7-8-16-15-17-12(2)10-13(3)18-15/h10-11,14H,4-9H2,1-3H3,(H,16,17,18). The summed E-state index contributed by atoms with van der Waals surface area (Å²) in [5, 5.41) is 3.37. The molecule has 0 amide bonds. The van der Waals surface area contributed by atoms with Gasteiger partial charge in [0.1, 0.15) is 0 Å². The number of aryl methyl sites for hydroxylation is 2. The minimum Gasteiger partial charge on any atom is -0.354 e. The SMILES string of the molecule is Cc1cc(C)nc(NCCC2CCCC(C)C2)n1. The summed E-state index contributed by atoms with van der Waals surface area (Å²) in [6.07, 6.45) is 6.88. The Hall–Kier alpha value is -1.12. The smallest absolute Gasteiger partial charge is 0.223 e. The van der Waals surface area contributed by atoms with Crippen LogP contribution in [-0.4, -0.2) is 16.5 Å². The van der Waals surface area contributed by atoms with Gasteiger partial charge in [-0.05, 0) is 44.6 Å². The lowest BCUT2D eigenvalue weighted by atomic mass is 9.81. The lowest BCUT2D eigenvalue weighted by Crippen LogP contribution is -2.17. The number of nitrogens with one attached hydrogen (secondary N) is 1. The Morgan fingerprint density at radius 3 is 2.61 bits per heavy atom. The summed E-state index contributed by atoms with van der Waals surface area (Å²) in [6.45, 7) is 7.41. The topological polar surface area (TPSA) is 37.8 Å². The van der Waals surface area contributed by atoms with E-state index in [1.165, 1.54) is 32.1 Å². The normalized spacial score (nSPS) is 23.9. The van der Waals surface area contributed by atoms with Crippen LogP contribution in [-0.2, 0) is 0 Å². The fourth-order valence-electron chi connectivity index (χ4n) is 3.02. The summed E-state index contributed by atoms with van der Waals surface area (Å²) < 4.78 is 0. The highest BCUT2D eigenvalue weighted by molar-refractivity contribution is 5.27. The van der Waals surface area contributed by atoms with Crippen LogP contribution in [0.3, 0.4) is 0 Å². The van der Waals surface area contributed by atoms with Crippen LogP contribution in [0.5, 0.6) is 0 Å². The molecular formula is C15H25N3. The van der Waals surface area contributed by atoms with E-state index < -0.39 is 0 Å². The fraction of sp³-hybridized carbons (Fsp3) is 0.733. The monoisotopic (exact) mass is 247 g/mol. The zero-order valence-electron chi connectivity index (χ0n) is 11.9. The molecule has 1 heterocycles. The van der Waals surface area contributed by atoms with Crippen LogP contribution in [0.2, 0.25) is 0 Å². The first-order valence-corrected chi connectivity index (χ1v) is 7.19. The van der Waals surface area contributed by atoms with Crippen molar-refractivity contribution in [2.75, 3.05) is 11.9 Å². The predicted octanol–water partition coefficient (Wildman–Crippen LogP) is 3.72. The average molecular weight is 247 g/mol. The molecule has 0 spiro atoms. The largest absolute Gasteiger partial charge is 0.354 e. The molecule has 2 atom stereocenters. The second kappa shape index (κ2) is 6.17. The van der Waals surface area contributed by atoms with E-state index in [2.05, 4.69) is 22.2 Å². The summed E-state index contributed by atoms with van der Waals surface area (Å²) in [7, 11) is 0. The summed E-state index contributed by atoms with van der Waals surface area (Å²) in [5.74, 6) is 2.60. The van der Waals surface area contributed by atoms with Crippen molar-refractivity contribution in [2.45, 2.75) is 52.9 Å². The molecule has 0 bridgehead atoms. The van der Waals surface area contributed by atoms with Gasteiger partial charge in [-0.25, -0.2) is 9.97 Å². The van der Waals surface area contributed by atoms with Crippen molar-refractivity contribution >= 4 is 5.95 Å². The first-order chi connectivity index (χ1) is 8.63. The third kappa shape index (κ3) is 3.97. The van der Waals surface area contributed by atoms with E-state index in [0.29, 0.717) is 0 Å². The molecule has 1 aromatic rings. The van der Waals surface area contributed by atoms with E-state index in [4.69, 9.17) is 0 Å². The summed E-state index contributed by atoms with van der Waals surface area (Å²) in [4.78, 5) is 8.82.